The number of aromatic nitrogens is 4. The van der Waals surface area contributed by atoms with Crippen LogP contribution in [-0.2, 0) is 168 Å². The van der Waals surface area contributed by atoms with E-state index in [4.69, 9.17) is 167 Å². The summed E-state index contributed by atoms with van der Waals surface area (Å²) in [6.45, 7) is 0.180. The van der Waals surface area contributed by atoms with Gasteiger partial charge in [0.15, 0.2) is 55.2 Å². The average Bonchev–Trinajstić information content (AvgIpc) is 0.925. The maximum Gasteiger partial charge on any atom is 0.280 e. The van der Waals surface area contributed by atoms with Gasteiger partial charge < -0.3 is 177 Å². The molecular formula is C69H118N6O35. The van der Waals surface area contributed by atoms with Crippen molar-refractivity contribution in [2.24, 2.45) is 0 Å². The van der Waals surface area contributed by atoms with Gasteiger partial charge in [0.1, 0.15) is 171 Å². The van der Waals surface area contributed by atoms with Crippen LogP contribution < -0.4 is 16.6 Å². The van der Waals surface area contributed by atoms with Gasteiger partial charge >= 0.3 is 0 Å². The minimum atomic E-state index is -1.30. The van der Waals surface area contributed by atoms with Crippen LogP contribution in [0, 0.1) is 0 Å². The lowest BCUT2D eigenvalue weighted by Crippen LogP contribution is -2.69. The first kappa shape index (κ1) is 89.1. The fraction of sp³-hybridized carbons (Fsp3) is 0.928. The summed E-state index contributed by atoms with van der Waals surface area (Å²) in [6.07, 6.45) is -36.0. The molecule has 21 aliphatic heterocycles. The monoisotopic (exact) mass is 1590 g/mol. The molecule has 2 aromatic heterocycles. The number of nitrogen functional groups attached to an aromatic ring is 1. The number of ether oxygens (including phenoxy) is 34. The number of fused-ring (bicyclic) bond motifs is 1. The van der Waals surface area contributed by atoms with Crippen LogP contribution in [-0.4, -0.2) is 429 Å². The van der Waals surface area contributed by atoms with Crippen LogP contribution in [0.4, 0.5) is 5.95 Å². The number of rotatable bonds is 31. The Kier molecular flexibility index (Phi) is 34.6. The predicted molar refractivity (Wildman–Crippen MR) is 373 cm³/mol. The molecule has 2 aromatic rings. The van der Waals surface area contributed by atoms with E-state index < -0.39 is 221 Å². The summed E-state index contributed by atoms with van der Waals surface area (Å²) in [5.74, 6) is -0.0708. The second-order valence-corrected chi connectivity index (χ2v) is 27.3. The van der Waals surface area contributed by atoms with Crippen molar-refractivity contribution in [2.45, 2.75) is 221 Å². The van der Waals surface area contributed by atoms with Gasteiger partial charge in [-0.05, 0) is 0 Å². The van der Waals surface area contributed by atoms with Crippen molar-refractivity contribution in [2.75, 3.05) is 201 Å². The normalized spacial score (nSPS) is 42.4. The SMILES string of the molecule is COCC1O[C@@H]2O[C@@H]3C(COC)O[C@H](O[C@@H]4C(COC)O[C@H](O[C@@H]5C(COC)O[C@@H](O[C@@H]6C(COC)O[C@H](O[C@@H]7C(COC)O[C@H](O[C@@H]8C(CNCCn9cnc%10c(=O)[nH]c(N)nc%109)O[C@H](O[C@H]1C(OC)C2OC)C(OC)C8OC)C(OC)C7OC)C(OC)C6OC)C(OC)C5OC)C(OC)C4OC)C(OC)C3OC. The minimum absolute atomic E-state index is 0.0480. The van der Waals surface area contributed by atoms with E-state index >= 15 is 0 Å². The van der Waals surface area contributed by atoms with Gasteiger partial charge in [-0.3, -0.25) is 9.78 Å². The van der Waals surface area contributed by atoms with Crippen molar-refractivity contribution in [3.63, 3.8) is 0 Å². The molecule has 0 saturated carbocycles. The zero-order valence-corrected chi connectivity index (χ0v) is 66.4. The Morgan fingerprint density at radius 2 is 0.555 bits per heavy atom. The zero-order valence-electron chi connectivity index (χ0n) is 66.4. The van der Waals surface area contributed by atoms with Crippen molar-refractivity contribution < 1.29 is 161 Å². The first-order valence-corrected chi connectivity index (χ1v) is 36.4. The van der Waals surface area contributed by atoms with Gasteiger partial charge in [-0.1, -0.05) is 0 Å². The number of hydrogen-bond acceptors (Lipinski definition) is 39. The Morgan fingerprint density at radius 1 is 0.336 bits per heavy atom. The predicted octanol–water partition coefficient (Wildman–Crippen LogP) is -2.84. The molecule has 41 heteroatoms. The lowest BCUT2D eigenvalue weighted by atomic mass is 9.94. The van der Waals surface area contributed by atoms with E-state index in [0.29, 0.717) is 0 Å². The molecule has 21 saturated heterocycles. The first-order valence-electron chi connectivity index (χ1n) is 36.4. The van der Waals surface area contributed by atoms with Crippen molar-refractivity contribution in [3.8, 4) is 0 Å². The third-order valence-electron chi connectivity index (χ3n) is 21.3. The third kappa shape index (κ3) is 19.1. The molecule has 41 nitrogen and oxygen atoms in total. The molecule has 4 N–H and O–H groups in total. The quantitative estimate of drug-likeness (QED) is 0.0640. The maximum atomic E-state index is 12.8. The summed E-state index contributed by atoms with van der Waals surface area (Å²) in [6, 6.07) is 0. The number of hydrogen-bond donors (Lipinski definition) is 3. The lowest BCUT2D eigenvalue weighted by Gasteiger charge is -2.52. The highest BCUT2D eigenvalue weighted by Crippen LogP contribution is 2.43. The van der Waals surface area contributed by atoms with E-state index in [1.807, 2.05) is 0 Å². The Balaban J connectivity index is 1.06. The summed E-state index contributed by atoms with van der Waals surface area (Å²) < 4.78 is 224. The highest BCUT2D eigenvalue weighted by atomic mass is 16.8. The van der Waals surface area contributed by atoms with Crippen LogP contribution >= 0.6 is 0 Å². The number of H-pyrrole nitrogens is 1. The van der Waals surface area contributed by atoms with Crippen LogP contribution in [0.3, 0.4) is 0 Å². The molecule has 14 bridgehead atoms. The molecule has 23 rings (SSSR count). The molecule has 0 aliphatic carbocycles. The molecule has 0 aromatic carbocycles. The van der Waals surface area contributed by atoms with Crippen LogP contribution in [0.1, 0.15) is 0 Å². The number of imidazole rings is 1. The van der Waals surface area contributed by atoms with Gasteiger partial charge in [0.25, 0.3) is 5.56 Å². The number of nitrogens with zero attached hydrogens (tertiary/aromatic N) is 3. The topological polar surface area (TPSA) is 415 Å². The first-order chi connectivity index (χ1) is 53.5. The van der Waals surface area contributed by atoms with Gasteiger partial charge in [0.2, 0.25) is 5.95 Å². The van der Waals surface area contributed by atoms with E-state index in [2.05, 4.69) is 20.3 Å². The van der Waals surface area contributed by atoms with E-state index in [-0.39, 0.29) is 76.4 Å². The molecule has 0 amide bonds. The minimum Gasteiger partial charge on any atom is -0.382 e. The molecule has 21 unspecified atom stereocenters. The molecule has 35 atom stereocenters. The number of methoxy groups -OCH3 is 20. The molecule has 21 aliphatic rings. The Morgan fingerprint density at radius 3 is 0.773 bits per heavy atom. The fourth-order valence-corrected chi connectivity index (χ4v) is 16.3. The number of anilines is 1. The number of nitrogens with two attached hydrogens (primary N) is 1. The zero-order chi connectivity index (χ0) is 79.0. The van der Waals surface area contributed by atoms with Gasteiger partial charge in [-0.15, -0.1) is 0 Å². The molecule has 21 fully saturated rings. The van der Waals surface area contributed by atoms with Gasteiger partial charge in [0, 0.05) is 162 Å². The summed E-state index contributed by atoms with van der Waals surface area (Å²) in [7, 11) is 30.0. The molecule has 23 heterocycles. The highest BCUT2D eigenvalue weighted by Gasteiger charge is 2.62. The van der Waals surface area contributed by atoms with Crippen molar-refractivity contribution in [3.05, 3.63) is 16.7 Å². The highest BCUT2D eigenvalue weighted by molar-refractivity contribution is 5.70. The van der Waals surface area contributed by atoms with Crippen LogP contribution in [0.25, 0.3) is 11.2 Å². The van der Waals surface area contributed by atoms with Crippen LogP contribution in [0.2, 0.25) is 0 Å². The van der Waals surface area contributed by atoms with Gasteiger partial charge in [0.05, 0.1) is 46.0 Å². The maximum absolute atomic E-state index is 12.8. The smallest absolute Gasteiger partial charge is 0.280 e. The second kappa shape index (κ2) is 42.8. The van der Waals surface area contributed by atoms with E-state index in [9.17, 15) is 4.79 Å². The van der Waals surface area contributed by atoms with Crippen LogP contribution in [0.5, 0.6) is 0 Å². The Labute approximate surface area is 639 Å². The molecular weight excluding hydrogens is 1470 g/mol. The summed E-state index contributed by atoms with van der Waals surface area (Å²) in [5.41, 5.74) is 5.90. The molecule has 0 spiro atoms. The van der Waals surface area contributed by atoms with E-state index in [0.717, 1.165) is 0 Å². The largest absolute Gasteiger partial charge is 0.382 e. The number of nitrogens with one attached hydrogen (secondary N) is 2. The van der Waals surface area contributed by atoms with Crippen molar-refractivity contribution in [1.29, 1.82) is 0 Å². The summed E-state index contributed by atoms with van der Waals surface area (Å²) in [5, 5.41) is 3.49. The summed E-state index contributed by atoms with van der Waals surface area (Å²) in [4.78, 5) is 24.0. The standard InChI is InChI=1S/C69H118N6O35/c1-77-24-32-40-47(84-8)55(92-16)64(99-32)107-42-34(26-79-3)101-66(57(94-18)49(42)86-10)109-44-36(28-81-5)103-68(59(96-20)51(44)88-12)110-45-37(29-82-6)102-67(58(95-19)52(45)89-13)108-43-35(27-80-4)100-65(56(93-17)50(43)87-11)106-41-33(25-78-2)98-63(54(91-15)48(41)85-9)104-39-31(97-62(105-40)53(90-14)46(39)83-7)23-71-21-22-75-30-72-38-60(75)73-69(70)74-61(38)76/h30-37,39-59,62-68,71H,21-29H2,1-20H3,(H3,70,73,74,76)/t31?,32?,33?,34?,35?,36?,37?,39-,40-,41-,42-,43-,44-,45-,46?,47?,48?,49?,50?,51?,52?,53?,54?,55?,56?,57?,58?,59?,62-,63-,64-,65-,66-,67+,68-/m1/s1. The van der Waals surface area contributed by atoms with Gasteiger partial charge in [-0.2, -0.15) is 4.98 Å². The van der Waals surface area contributed by atoms with Crippen molar-refractivity contribution >= 4 is 17.1 Å². The summed E-state index contributed by atoms with van der Waals surface area (Å²) >= 11 is 0. The third-order valence-corrected chi connectivity index (χ3v) is 21.3. The fourth-order valence-electron chi connectivity index (χ4n) is 16.3. The molecule has 0 radical (unpaired) electrons. The Bertz CT molecular complexity index is 3040. The average molecular weight is 1590 g/mol. The number of aromatic amines is 1. The van der Waals surface area contributed by atoms with E-state index in [1.165, 1.54) is 149 Å². The molecule has 110 heavy (non-hydrogen) atoms. The van der Waals surface area contributed by atoms with E-state index in [1.54, 1.807) is 4.57 Å². The van der Waals surface area contributed by atoms with Crippen molar-refractivity contribution in [1.82, 2.24) is 24.8 Å². The lowest BCUT2D eigenvalue weighted by molar-refractivity contribution is -0.402. The second-order valence-electron chi connectivity index (χ2n) is 27.3. The molecule has 634 valence electrons. The van der Waals surface area contributed by atoms with Gasteiger partial charge in [-0.25, -0.2) is 4.98 Å². The Hall–Kier alpha value is -3.25. The van der Waals surface area contributed by atoms with Crippen LogP contribution in [0.15, 0.2) is 11.1 Å².